The summed E-state index contributed by atoms with van der Waals surface area (Å²) in [6.45, 7) is 0.246. The summed E-state index contributed by atoms with van der Waals surface area (Å²) < 4.78 is 10.5. The Bertz CT molecular complexity index is 855. The number of nitrogens with two attached hydrogens (primary N) is 1. The number of cyclic esters (lactones) is 1. The molecule has 2 heterocycles. The number of nitriles is 1. The van der Waals surface area contributed by atoms with E-state index in [1.54, 1.807) is 30.3 Å². The summed E-state index contributed by atoms with van der Waals surface area (Å²) in [7, 11) is 0. The molecule has 6 heteroatoms. The Kier molecular flexibility index (Phi) is 3.24. The first-order valence-electron chi connectivity index (χ1n) is 6.40. The quantitative estimate of drug-likeness (QED) is 0.529. The molecule has 1 aromatic heterocycles. The summed E-state index contributed by atoms with van der Waals surface area (Å²) in [5, 5.41) is 8.81. The van der Waals surface area contributed by atoms with Gasteiger partial charge in [0.15, 0.2) is 0 Å². The highest BCUT2D eigenvalue weighted by molar-refractivity contribution is 6.00. The van der Waals surface area contributed by atoms with E-state index in [4.69, 9.17) is 20.1 Å². The van der Waals surface area contributed by atoms with Gasteiger partial charge >= 0.3 is 5.97 Å². The van der Waals surface area contributed by atoms with Crippen molar-refractivity contribution in [3.8, 4) is 17.4 Å². The van der Waals surface area contributed by atoms with Gasteiger partial charge in [0, 0.05) is 17.2 Å². The van der Waals surface area contributed by atoms with E-state index in [1.807, 2.05) is 6.07 Å². The Morgan fingerprint density at radius 2 is 2.14 bits per heavy atom. The molecular formula is C16H10N2O4. The van der Waals surface area contributed by atoms with Crippen LogP contribution in [0.2, 0.25) is 0 Å². The average Bonchev–Trinajstić information content (AvgIpc) is 3.11. The van der Waals surface area contributed by atoms with E-state index >= 15 is 0 Å². The van der Waals surface area contributed by atoms with Crippen LogP contribution in [0.4, 0.5) is 0 Å². The fourth-order valence-corrected chi connectivity index (χ4v) is 2.17. The van der Waals surface area contributed by atoms with Crippen LogP contribution in [0.3, 0.4) is 0 Å². The third kappa shape index (κ3) is 2.36. The van der Waals surface area contributed by atoms with Crippen molar-refractivity contribution in [2.24, 2.45) is 5.73 Å². The second kappa shape index (κ2) is 5.22. The molecular weight excluding hydrogens is 284 g/mol. The molecule has 1 aliphatic rings. The molecule has 0 radical (unpaired) electrons. The summed E-state index contributed by atoms with van der Waals surface area (Å²) in [6.07, 6.45) is 1.28. The number of fused-ring (bicyclic) bond motifs is 1. The molecule has 0 fully saturated rings. The van der Waals surface area contributed by atoms with Crippen molar-refractivity contribution >= 4 is 18.0 Å². The third-order valence-electron chi connectivity index (χ3n) is 3.27. The highest BCUT2D eigenvalue weighted by Crippen LogP contribution is 2.28. The van der Waals surface area contributed by atoms with E-state index in [-0.39, 0.29) is 18.1 Å². The van der Waals surface area contributed by atoms with Crippen molar-refractivity contribution in [2.75, 3.05) is 0 Å². The predicted molar refractivity (Wildman–Crippen MR) is 76.0 cm³/mol. The van der Waals surface area contributed by atoms with Crippen LogP contribution in [0.15, 0.2) is 40.3 Å². The summed E-state index contributed by atoms with van der Waals surface area (Å²) >= 11 is 0. The molecule has 0 atom stereocenters. The number of amides is 1. The van der Waals surface area contributed by atoms with E-state index in [2.05, 4.69) is 0 Å². The van der Waals surface area contributed by atoms with Crippen LogP contribution >= 0.6 is 0 Å². The van der Waals surface area contributed by atoms with Crippen molar-refractivity contribution < 1.29 is 18.7 Å². The lowest BCUT2D eigenvalue weighted by Gasteiger charge is -1.99. The van der Waals surface area contributed by atoms with Gasteiger partial charge in [-0.25, -0.2) is 4.79 Å². The van der Waals surface area contributed by atoms with Crippen LogP contribution in [0.1, 0.15) is 21.7 Å². The van der Waals surface area contributed by atoms with Gasteiger partial charge < -0.3 is 14.9 Å². The Hall–Kier alpha value is -3.33. The molecule has 2 aromatic rings. The zero-order valence-electron chi connectivity index (χ0n) is 11.3. The Balaban J connectivity index is 1.94. The lowest BCUT2D eigenvalue weighted by atomic mass is 10.0. The number of esters is 1. The summed E-state index contributed by atoms with van der Waals surface area (Å²) in [4.78, 5) is 22.4. The average molecular weight is 294 g/mol. The molecule has 0 saturated heterocycles. The topological polar surface area (TPSA) is 106 Å². The summed E-state index contributed by atoms with van der Waals surface area (Å²) in [5.74, 6) is -0.244. The third-order valence-corrected chi connectivity index (χ3v) is 3.27. The van der Waals surface area contributed by atoms with Crippen LogP contribution in [0, 0.1) is 11.3 Å². The minimum Gasteiger partial charge on any atom is -0.457 e. The first-order chi connectivity index (χ1) is 10.6. The molecule has 2 N–H and O–H groups in total. The standard InChI is InChI=1S/C16H10N2O4/c17-7-10(15(18)19)6-12-2-4-14(22-12)9-1-3-13-11(5-9)8-21-16(13)20/h1-6H,8H2,(H2,18,19). The molecule has 0 spiro atoms. The number of rotatable bonds is 3. The highest BCUT2D eigenvalue weighted by atomic mass is 16.5. The number of nitrogens with zero attached hydrogens (tertiary/aromatic N) is 1. The first kappa shape index (κ1) is 13.6. The van der Waals surface area contributed by atoms with E-state index in [1.165, 1.54) is 6.08 Å². The van der Waals surface area contributed by atoms with Crippen LogP contribution < -0.4 is 5.73 Å². The molecule has 1 aromatic carbocycles. The minimum atomic E-state index is -0.811. The highest BCUT2D eigenvalue weighted by Gasteiger charge is 2.21. The van der Waals surface area contributed by atoms with Gasteiger partial charge in [0.2, 0.25) is 0 Å². The second-order valence-corrected chi connectivity index (χ2v) is 4.68. The number of primary amides is 1. The number of ether oxygens (including phenoxy) is 1. The SMILES string of the molecule is N#CC(=Cc1ccc(-c2ccc3c(c2)COC3=O)o1)C(N)=O. The van der Waals surface area contributed by atoms with Crippen molar-refractivity contribution in [3.05, 3.63) is 52.8 Å². The van der Waals surface area contributed by atoms with Crippen molar-refractivity contribution in [2.45, 2.75) is 6.61 Å². The molecule has 1 amide bonds. The van der Waals surface area contributed by atoms with Crippen LogP contribution in [0.25, 0.3) is 17.4 Å². The second-order valence-electron chi connectivity index (χ2n) is 4.68. The fourth-order valence-electron chi connectivity index (χ4n) is 2.17. The minimum absolute atomic E-state index is 0.186. The van der Waals surface area contributed by atoms with E-state index in [0.29, 0.717) is 17.1 Å². The van der Waals surface area contributed by atoms with E-state index < -0.39 is 5.91 Å². The molecule has 0 bridgehead atoms. The van der Waals surface area contributed by atoms with Gasteiger partial charge in [-0.15, -0.1) is 0 Å². The maximum Gasteiger partial charge on any atom is 0.338 e. The first-order valence-corrected chi connectivity index (χ1v) is 6.40. The van der Waals surface area contributed by atoms with Gasteiger partial charge in [-0.3, -0.25) is 4.79 Å². The van der Waals surface area contributed by atoms with Gasteiger partial charge in [-0.2, -0.15) is 5.26 Å². The smallest absolute Gasteiger partial charge is 0.338 e. The Morgan fingerprint density at radius 1 is 1.32 bits per heavy atom. The number of carbonyl (C=O) groups excluding carboxylic acids is 2. The van der Waals surface area contributed by atoms with Crippen molar-refractivity contribution in [1.82, 2.24) is 0 Å². The summed E-state index contributed by atoms with van der Waals surface area (Å²) in [5.41, 5.74) is 7.01. The Morgan fingerprint density at radius 3 is 2.86 bits per heavy atom. The maximum atomic E-state index is 11.4. The van der Waals surface area contributed by atoms with Crippen LogP contribution in [-0.4, -0.2) is 11.9 Å². The van der Waals surface area contributed by atoms with Crippen LogP contribution in [-0.2, 0) is 16.1 Å². The predicted octanol–water partition coefficient (Wildman–Crippen LogP) is 2.01. The zero-order valence-corrected chi connectivity index (χ0v) is 11.3. The van der Waals surface area contributed by atoms with Gasteiger partial charge in [0.25, 0.3) is 5.91 Å². The largest absolute Gasteiger partial charge is 0.457 e. The van der Waals surface area contributed by atoms with Gasteiger partial charge in [0.1, 0.15) is 29.8 Å². The lowest BCUT2D eigenvalue weighted by Crippen LogP contribution is -2.12. The number of hydrogen-bond acceptors (Lipinski definition) is 5. The molecule has 0 aliphatic carbocycles. The number of hydrogen-bond donors (Lipinski definition) is 1. The molecule has 6 nitrogen and oxygen atoms in total. The monoisotopic (exact) mass is 294 g/mol. The van der Waals surface area contributed by atoms with Crippen molar-refractivity contribution in [1.29, 1.82) is 5.26 Å². The lowest BCUT2D eigenvalue weighted by molar-refractivity contribution is -0.114. The van der Waals surface area contributed by atoms with Crippen LogP contribution in [0.5, 0.6) is 0 Å². The summed E-state index contributed by atoms with van der Waals surface area (Å²) in [6, 6.07) is 10.3. The molecule has 1 aliphatic heterocycles. The number of carbonyl (C=O) groups is 2. The molecule has 0 unspecified atom stereocenters. The van der Waals surface area contributed by atoms with Gasteiger partial charge in [0.05, 0.1) is 5.56 Å². The Labute approximate surface area is 125 Å². The zero-order chi connectivity index (χ0) is 15.7. The van der Waals surface area contributed by atoms with Gasteiger partial charge in [-0.05, 0) is 24.3 Å². The van der Waals surface area contributed by atoms with E-state index in [9.17, 15) is 9.59 Å². The maximum absolute atomic E-state index is 11.4. The fraction of sp³-hybridized carbons (Fsp3) is 0.0625. The van der Waals surface area contributed by atoms with Gasteiger partial charge in [-0.1, -0.05) is 6.07 Å². The molecule has 0 saturated carbocycles. The number of benzene rings is 1. The molecule has 22 heavy (non-hydrogen) atoms. The molecule has 108 valence electrons. The normalized spacial score (nSPS) is 13.4. The van der Waals surface area contributed by atoms with Crippen molar-refractivity contribution in [3.63, 3.8) is 0 Å². The van der Waals surface area contributed by atoms with E-state index in [0.717, 1.165) is 11.1 Å². The molecule has 3 rings (SSSR count). The number of furan rings is 1.